The fourth-order valence-electron chi connectivity index (χ4n) is 3.47. The molecule has 0 aliphatic heterocycles. The molecule has 0 spiro atoms. The average molecular weight is 310 g/mol. The minimum absolute atomic E-state index is 0.354. The Kier molecular flexibility index (Phi) is 5.22. The van der Waals surface area contributed by atoms with Crippen molar-refractivity contribution in [2.24, 2.45) is 0 Å². The molecule has 2 heteroatoms. The Labute approximate surface area is 139 Å². The van der Waals surface area contributed by atoms with Gasteiger partial charge in [-0.2, -0.15) is 0 Å². The maximum absolute atomic E-state index is 9.86. The summed E-state index contributed by atoms with van der Waals surface area (Å²) in [5.41, 5.74) is 2.39. The Morgan fingerprint density at radius 3 is 2.35 bits per heavy atom. The number of aromatic hydroxyl groups is 1. The summed E-state index contributed by atoms with van der Waals surface area (Å²) >= 11 is 0. The highest BCUT2D eigenvalue weighted by atomic mass is 16.5. The summed E-state index contributed by atoms with van der Waals surface area (Å²) in [5.74, 6) is 2.73. The van der Waals surface area contributed by atoms with Crippen LogP contribution in [-0.2, 0) is 6.42 Å². The quantitative estimate of drug-likeness (QED) is 0.714. The summed E-state index contributed by atoms with van der Waals surface area (Å²) in [5, 5.41) is 9.86. The van der Waals surface area contributed by atoms with Crippen LogP contribution in [0.3, 0.4) is 0 Å². The van der Waals surface area contributed by atoms with Gasteiger partial charge in [0.2, 0.25) is 0 Å². The summed E-state index contributed by atoms with van der Waals surface area (Å²) in [4.78, 5) is 0. The lowest BCUT2D eigenvalue weighted by molar-refractivity contribution is 0.442. The van der Waals surface area contributed by atoms with E-state index in [0.717, 1.165) is 35.8 Å². The van der Waals surface area contributed by atoms with E-state index in [1.54, 1.807) is 6.07 Å². The fourth-order valence-corrected chi connectivity index (χ4v) is 3.47. The van der Waals surface area contributed by atoms with Crippen molar-refractivity contribution in [3.8, 4) is 17.2 Å². The summed E-state index contributed by atoms with van der Waals surface area (Å²) in [6.45, 7) is 2.11. The molecule has 1 saturated carbocycles. The Balaban J connectivity index is 1.69. The van der Waals surface area contributed by atoms with Crippen LogP contribution in [0, 0.1) is 0 Å². The predicted octanol–water partition coefficient (Wildman–Crippen LogP) is 6.18. The van der Waals surface area contributed by atoms with E-state index in [0.29, 0.717) is 5.75 Å². The van der Waals surface area contributed by atoms with E-state index in [1.165, 1.54) is 37.7 Å². The van der Waals surface area contributed by atoms with Crippen molar-refractivity contribution in [3.63, 3.8) is 0 Å². The van der Waals surface area contributed by atoms with Crippen LogP contribution in [0.25, 0.3) is 0 Å². The monoisotopic (exact) mass is 310 g/mol. The lowest BCUT2D eigenvalue weighted by Gasteiger charge is -2.22. The van der Waals surface area contributed by atoms with E-state index in [9.17, 15) is 5.11 Å². The number of phenolic OH excluding ortho intramolecular Hbond substituents is 1. The molecule has 0 unspecified atom stereocenters. The maximum Gasteiger partial charge on any atom is 0.127 e. The molecule has 122 valence electrons. The average Bonchev–Trinajstić information content (AvgIpc) is 2.60. The lowest BCUT2D eigenvalue weighted by atomic mass is 9.84. The van der Waals surface area contributed by atoms with E-state index in [-0.39, 0.29) is 0 Å². The summed E-state index contributed by atoms with van der Waals surface area (Å²) < 4.78 is 5.95. The van der Waals surface area contributed by atoms with Crippen LogP contribution in [0.1, 0.15) is 62.5 Å². The second kappa shape index (κ2) is 7.54. The molecule has 0 atom stereocenters. The molecule has 1 N–H and O–H groups in total. The normalized spacial score (nSPS) is 15.5. The van der Waals surface area contributed by atoms with Gasteiger partial charge < -0.3 is 9.84 Å². The van der Waals surface area contributed by atoms with Gasteiger partial charge in [-0.15, -0.1) is 0 Å². The van der Waals surface area contributed by atoms with Gasteiger partial charge in [-0.3, -0.25) is 0 Å². The van der Waals surface area contributed by atoms with Crippen LogP contribution >= 0.6 is 0 Å². The van der Waals surface area contributed by atoms with Crippen LogP contribution in [-0.4, -0.2) is 5.11 Å². The van der Waals surface area contributed by atoms with E-state index in [4.69, 9.17) is 4.74 Å². The molecule has 0 bridgehead atoms. The SMILES string of the molecule is CCCc1cc(Oc2ccc(C3CCCCC3)cc2)ccc1O. The van der Waals surface area contributed by atoms with Gasteiger partial charge in [0.1, 0.15) is 17.2 Å². The second-order valence-electron chi connectivity index (χ2n) is 6.55. The van der Waals surface area contributed by atoms with Crippen molar-refractivity contribution in [1.82, 2.24) is 0 Å². The smallest absolute Gasteiger partial charge is 0.127 e. The maximum atomic E-state index is 9.86. The molecule has 2 nitrogen and oxygen atoms in total. The van der Waals surface area contributed by atoms with E-state index in [1.807, 2.05) is 12.1 Å². The molecule has 0 amide bonds. The molecule has 1 aliphatic carbocycles. The molecule has 0 heterocycles. The Morgan fingerprint density at radius 1 is 0.957 bits per heavy atom. The van der Waals surface area contributed by atoms with E-state index in [2.05, 4.69) is 31.2 Å². The fraction of sp³-hybridized carbons (Fsp3) is 0.429. The first-order valence-corrected chi connectivity index (χ1v) is 8.86. The standard InChI is InChI=1S/C21H26O2/c1-2-6-18-15-20(13-14-21(18)22)23-19-11-9-17(10-12-19)16-7-4-3-5-8-16/h9-16,22H,2-8H2,1H3. The zero-order valence-corrected chi connectivity index (χ0v) is 13.9. The molecule has 2 aromatic carbocycles. The molecule has 0 saturated heterocycles. The highest BCUT2D eigenvalue weighted by molar-refractivity contribution is 5.42. The Bertz CT molecular complexity index is 625. The number of ether oxygens (including phenoxy) is 1. The van der Waals surface area contributed by atoms with Crippen LogP contribution in [0.15, 0.2) is 42.5 Å². The van der Waals surface area contributed by atoms with Gasteiger partial charge in [-0.05, 0) is 66.6 Å². The zero-order valence-electron chi connectivity index (χ0n) is 13.9. The number of hydrogen-bond donors (Lipinski definition) is 1. The summed E-state index contributed by atoms with van der Waals surface area (Å²) in [6.07, 6.45) is 8.61. The molecular formula is C21H26O2. The Morgan fingerprint density at radius 2 is 1.65 bits per heavy atom. The van der Waals surface area contributed by atoms with Gasteiger partial charge in [0.25, 0.3) is 0 Å². The zero-order chi connectivity index (χ0) is 16.1. The van der Waals surface area contributed by atoms with Crippen molar-refractivity contribution >= 4 is 0 Å². The summed E-state index contributed by atoms with van der Waals surface area (Å²) in [7, 11) is 0. The van der Waals surface area contributed by atoms with Crippen LogP contribution in [0.5, 0.6) is 17.2 Å². The van der Waals surface area contributed by atoms with Gasteiger partial charge in [0.05, 0.1) is 0 Å². The minimum atomic E-state index is 0.354. The third kappa shape index (κ3) is 4.07. The van der Waals surface area contributed by atoms with Gasteiger partial charge in [0.15, 0.2) is 0 Å². The van der Waals surface area contributed by atoms with Crippen LogP contribution in [0.2, 0.25) is 0 Å². The number of benzene rings is 2. The van der Waals surface area contributed by atoms with Crippen LogP contribution in [0.4, 0.5) is 0 Å². The highest BCUT2D eigenvalue weighted by Crippen LogP contribution is 2.34. The van der Waals surface area contributed by atoms with E-state index >= 15 is 0 Å². The minimum Gasteiger partial charge on any atom is -0.508 e. The number of phenols is 1. The predicted molar refractivity (Wildman–Crippen MR) is 94.4 cm³/mol. The van der Waals surface area contributed by atoms with Gasteiger partial charge in [0, 0.05) is 0 Å². The van der Waals surface area contributed by atoms with Gasteiger partial charge in [-0.1, -0.05) is 44.7 Å². The number of hydrogen-bond acceptors (Lipinski definition) is 2. The van der Waals surface area contributed by atoms with Crippen molar-refractivity contribution in [2.45, 2.75) is 57.8 Å². The first-order chi connectivity index (χ1) is 11.3. The van der Waals surface area contributed by atoms with Crippen molar-refractivity contribution in [2.75, 3.05) is 0 Å². The third-order valence-electron chi connectivity index (χ3n) is 4.76. The molecule has 23 heavy (non-hydrogen) atoms. The molecule has 2 aromatic rings. The molecule has 3 rings (SSSR count). The largest absolute Gasteiger partial charge is 0.508 e. The van der Waals surface area contributed by atoms with E-state index < -0.39 is 0 Å². The number of aryl methyl sites for hydroxylation is 1. The molecule has 1 aliphatic rings. The molecule has 0 aromatic heterocycles. The van der Waals surface area contributed by atoms with Gasteiger partial charge in [-0.25, -0.2) is 0 Å². The first kappa shape index (κ1) is 15.9. The second-order valence-corrected chi connectivity index (χ2v) is 6.55. The van der Waals surface area contributed by atoms with Crippen LogP contribution < -0.4 is 4.74 Å². The lowest BCUT2D eigenvalue weighted by Crippen LogP contribution is -2.04. The molecular weight excluding hydrogens is 284 g/mol. The van der Waals surface area contributed by atoms with Crippen molar-refractivity contribution in [3.05, 3.63) is 53.6 Å². The van der Waals surface area contributed by atoms with Crippen molar-refractivity contribution in [1.29, 1.82) is 0 Å². The molecule has 1 fully saturated rings. The summed E-state index contributed by atoms with van der Waals surface area (Å²) in [6, 6.07) is 14.0. The first-order valence-electron chi connectivity index (χ1n) is 8.86. The third-order valence-corrected chi connectivity index (χ3v) is 4.76. The highest BCUT2D eigenvalue weighted by Gasteiger charge is 2.15. The molecule has 0 radical (unpaired) electrons. The Hall–Kier alpha value is -1.96. The van der Waals surface area contributed by atoms with Crippen molar-refractivity contribution < 1.29 is 9.84 Å². The topological polar surface area (TPSA) is 29.5 Å². The number of rotatable bonds is 5. The van der Waals surface area contributed by atoms with Gasteiger partial charge >= 0.3 is 0 Å².